The van der Waals surface area contributed by atoms with Crippen molar-refractivity contribution in [3.63, 3.8) is 0 Å². The molecule has 0 aliphatic rings. The minimum Gasteiger partial charge on any atom is -0.493 e. The summed E-state index contributed by atoms with van der Waals surface area (Å²) in [4.78, 5) is 0. The molecule has 6 heteroatoms. The van der Waals surface area contributed by atoms with E-state index in [1.54, 1.807) is 19.2 Å². The number of nitrogen functional groups attached to an aromatic ring is 1. The third-order valence-corrected chi connectivity index (χ3v) is 2.62. The van der Waals surface area contributed by atoms with Crippen LogP contribution in [0.15, 0.2) is 18.2 Å². The van der Waals surface area contributed by atoms with E-state index in [0.29, 0.717) is 17.1 Å². The van der Waals surface area contributed by atoms with Gasteiger partial charge in [-0.3, -0.25) is 4.68 Å². The number of methoxy groups -OCH3 is 1. The highest BCUT2D eigenvalue weighted by Crippen LogP contribution is 2.34. The summed E-state index contributed by atoms with van der Waals surface area (Å²) in [6, 6.07) is 4.41. The van der Waals surface area contributed by atoms with E-state index in [1.165, 1.54) is 17.9 Å². The fourth-order valence-corrected chi connectivity index (χ4v) is 1.78. The summed E-state index contributed by atoms with van der Waals surface area (Å²) in [7, 11) is 3.09. The van der Waals surface area contributed by atoms with Gasteiger partial charge in [0, 0.05) is 23.7 Å². The summed E-state index contributed by atoms with van der Waals surface area (Å²) in [6.45, 7) is 0. The van der Waals surface area contributed by atoms with Crippen LogP contribution in [-0.2, 0) is 7.05 Å². The average Bonchev–Trinajstić information content (AvgIpc) is 2.58. The Morgan fingerprint density at radius 1 is 1.41 bits per heavy atom. The van der Waals surface area contributed by atoms with Crippen molar-refractivity contribution < 1.29 is 9.13 Å². The topological polar surface area (TPSA) is 53.1 Å². The molecule has 0 spiro atoms. The SMILES string of the molecule is COc1c(F)cc(Cl)cc1-c1cc(N)n(C)n1. The first kappa shape index (κ1) is 11.7. The van der Waals surface area contributed by atoms with Crippen molar-refractivity contribution in [3.05, 3.63) is 29.0 Å². The van der Waals surface area contributed by atoms with Gasteiger partial charge >= 0.3 is 0 Å². The highest BCUT2D eigenvalue weighted by molar-refractivity contribution is 6.31. The van der Waals surface area contributed by atoms with Crippen molar-refractivity contribution in [3.8, 4) is 17.0 Å². The van der Waals surface area contributed by atoms with Crippen LogP contribution in [0.2, 0.25) is 5.02 Å². The minimum absolute atomic E-state index is 0.104. The molecule has 0 bridgehead atoms. The number of anilines is 1. The lowest BCUT2D eigenvalue weighted by molar-refractivity contribution is 0.388. The van der Waals surface area contributed by atoms with Crippen molar-refractivity contribution in [2.45, 2.75) is 0 Å². The molecule has 0 saturated heterocycles. The monoisotopic (exact) mass is 255 g/mol. The average molecular weight is 256 g/mol. The number of nitrogens with two attached hydrogens (primary N) is 1. The Bertz CT molecular complexity index is 549. The first-order valence-corrected chi connectivity index (χ1v) is 5.23. The molecular formula is C11H11ClFN3O. The van der Waals surface area contributed by atoms with Crippen molar-refractivity contribution in [1.82, 2.24) is 9.78 Å². The molecule has 1 aromatic heterocycles. The fourth-order valence-electron chi connectivity index (χ4n) is 1.57. The first-order chi connectivity index (χ1) is 8.02. The lowest BCUT2D eigenvalue weighted by atomic mass is 10.1. The van der Waals surface area contributed by atoms with E-state index in [9.17, 15) is 4.39 Å². The van der Waals surface area contributed by atoms with Gasteiger partial charge in [-0.15, -0.1) is 0 Å². The maximum Gasteiger partial charge on any atom is 0.167 e. The number of aryl methyl sites for hydroxylation is 1. The molecule has 4 nitrogen and oxygen atoms in total. The van der Waals surface area contributed by atoms with Gasteiger partial charge in [-0.25, -0.2) is 4.39 Å². The largest absolute Gasteiger partial charge is 0.493 e. The van der Waals surface area contributed by atoms with Crippen LogP contribution in [0.5, 0.6) is 5.75 Å². The Hall–Kier alpha value is -1.75. The molecule has 1 aromatic carbocycles. The van der Waals surface area contributed by atoms with Crippen molar-refractivity contribution in [1.29, 1.82) is 0 Å². The maximum atomic E-state index is 13.6. The van der Waals surface area contributed by atoms with Gasteiger partial charge < -0.3 is 10.5 Å². The van der Waals surface area contributed by atoms with Gasteiger partial charge in [0.15, 0.2) is 11.6 Å². The highest BCUT2D eigenvalue weighted by atomic mass is 35.5. The molecule has 0 amide bonds. The number of hydrogen-bond donors (Lipinski definition) is 1. The van der Waals surface area contributed by atoms with Crippen LogP contribution >= 0.6 is 11.6 Å². The number of halogens is 2. The third kappa shape index (κ3) is 2.06. The lowest BCUT2D eigenvalue weighted by Crippen LogP contribution is -1.97. The van der Waals surface area contributed by atoms with Crippen LogP contribution in [0.3, 0.4) is 0 Å². The maximum absolute atomic E-state index is 13.6. The molecule has 0 fully saturated rings. The Morgan fingerprint density at radius 3 is 2.65 bits per heavy atom. The number of rotatable bonds is 2. The minimum atomic E-state index is -0.528. The van der Waals surface area contributed by atoms with Crippen molar-refractivity contribution in [2.24, 2.45) is 7.05 Å². The molecule has 2 rings (SSSR count). The molecule has 2 aromatic rings. The van der Waals surface area contributed by atoms with E-state index in [-0.39, 0.29) is 10.8 Å². The molecule has 1 heterocycles. The smallest absolute Gasteiger partial charge is 0.167 e. The zero-order chi connectivity index (χ0) is 12.6. The number of aromatic nitrogens is 2. The van der Waals surface area contributed by atoms with Gasteiger partial charge in [0.2, 0.25) is 0 Å². The standard InChI is InChI=1S/C11H11ClFN3O/c1-16-10(14)5-9(15-16)7-3-6(12)4-8(13)11(7)17-2/h3-5H,14H2,1-2H3. The summed E-state index contributed by atoms with van der Waals surface area (Å²) in [6.07, 6.45) is 0. The highest BCUT2D eigenvalue weighted by Gasteiger charge is 2.15. The van der Waals surface area contributed by atoms with Crippen LogP contribution in [0.25, 0.3) is 11.3 Å². The number of hydrogen-bond acceptors (Lipinski definition) is 3. The molecule has 2 N–H and O–H groups in total. The van der Waals surface area contributed by atoms with Gasteiger partial charge in [-0.1, -0.05) is 11.6 Å². The van der Waals surface area contributed by atoms with Gasteiger partial charge in [-0.2, -0.15) is 5.10 Å². The zero-order valence-corrected chi connectivity index (χ0v) is 10.1. The summed E-state index contributed by atoms with van der Waals surface area (Å²) in [5.41, 5.74) is 6.67. The van der Waals surface area contributed by atoms with Crippen LogP contribution in [-0.4, -0.2) is 16.9 Å². The van der Waals surface area contributed by atoms with Crippen molar-refractivity contribution in [2.75, 3.05) is 12.8 Å². The summed E-state index contributed by atoms with van der Waals surface area (Å²) < 4.78 is 20.1. The summed E-state index contributed by atoms with van der Waals surface area (Å²) in [5, 5.41) is 4.44. The van der Waals surface area contributed by atoms with Gasteiger partial charge in [0.25, 0.3) is 0 Å². The second-order valence-corrected chi connectivity index (χ2v) is 3.98. The molecule has 90 valence electrons. The van der Waals surface area contributed by atoms with Crippen LogP contribution < -0.4 is 10.5 Å². The molecule has 0 atom stereocenters. The molecule has 17 heavy (non-hydrogen) atoms. The normalized spacial score (nSPS) is 10.6. The van der Waals surface area contributed by atoms with E-state index < -0.39 is 5.82 Å². The number of benzene rings is 1. The van der Waals surface area contributed by atoms with Crippen LogP contribution in [0.4, 0.5) is 10.2 Å². The quantitative estimate of drug-likeness (QED) is 0.897. The van der Waals surface area contributed by atoms with Crippen molar-refractivity contribution >= 4 is 17.4 Å². The molecule has 0 unspecified atom stereocenters. The second kappa shape index (κ2) is 4.25. The van der Waals surface area contributed by atoms with Gasteiger partial charge in [0.1, 0.15) is 5.82 Å². The van der Waals surface area contributed by atoms with E-state index >= 15 is 0 Å². The lowest BCUT2D eigenvalue weighted by Gasteiger charge is -2.07. The van der Waals surface area contributed by atoms with E-state index in [1.807, 2.05) is 0 Å². The summed E-state index contributed by atoms with van der Waals surface area (Å²) >= 11 is 5.81. The first-order valence-electron chi connectivity index (χ1n) is 4.86. The molecule has 0 aliphatic heterocycles. The molecule has 0 aliphatic carbocycles. The van der Waals surface area contributed by atoms with Crippen LogP contribution in [0, 0.1) is 5.82 Å². The number of ether oxygens (including phenoxy) is 1. The van der Waals surface area contributed by atoms with E-state index in [4.69, 9.17) is 22.1 Å². The van der Waals surface area contributed by atoms with E-state index in [2.05, 4.69) is 5.10 Å². The third-order valence-electron chi connectivity index (χ3n) is 2.40. The summed E-state index contributed by atoms with van der Waals surface area (Å²) in [5.74, 6) is 0.0501. The second-order valence-electron chi connectivity index (χ2n) is 3.55. The Kier molecular flexibility index (Phi) is 2.93. The fraction of sp³-hybridized carbons (Fsp3) is 0.182. The van der Waals surface area contributed by atoms with Gasteiger partial charge in [-0.05, 0) is 12.1 Å². The molecule has 0 saturated carbocycles. The van der Waals surface area contributed by atoms with E-state index in [0.717, 1.165) is 0 Å². The molecular weight excluding hydrogens is 245 g/mol. The van der Waals surface area contributed by atoms with Crippen LogP contribution in [0.1, 0.15) is 0 Å². The Labute approximate surface area is 103 Å². The Balaban J connectivity index is 2.65. The predicted molar refractivity (Wildman–Crippen MR) is 64.6 cm³/mol. The molecule has 0 radical (unpaired) electrons. The zero-order valence-electron chi connectivity index (χ0n) is 9.37. The Morgan fingerprint density at radius 2 is 2.12 bits per heavy atom. The van der Waals surface area contributed by atoms with Gasteiger partial charge in [0.05, 0.1) is 12.8 Å². The predicted octanol–water partition coefficient (Wildman–Crippen LogP) is 2.47. The number of nitrogens with zero attached hydrogens (tertiary/aromatic N) is 2.